The molecule has 0 bridgehead atoms. The van der Waals surface area contributed by atoms with Crippen molar-refractivity contribution in [2.75, 3.05) is 0 Å². The molecule has 23 heavy (non-hydrogen) atoms. The Kier molecular flexibility index (Phi) is 9.49. The fourth-order valence-electron chi connectivity index (χ4n) is 1.43. The second-order valence-electron chi connectivity index (χ2n) is 4.41. The van der Waals surface area contributed by atoms with E-state index >= 15 is 0 Å². The van der Waals surface area contributed by atoms with E-state index < -0.39 is 24.0 Å². The van der Waals surface area contributed by atoms with E-state index in [9.17, 15) is 19.8 Å². The molecule has 0 aliphatic heterocycles. The average Bonchev–Trinajstić information content (AvgIpc) is 3.12. The van der Waals surface area contributed by atoms with Crippen LogP contribution in [0.1, 0.15) is 11.4 Å². The van der Waals surface area contributed by atoms with Gasteiger partial charge in [-0.1, -0.05) is 0 Å². The van der Waals surface area contributed by atoms with Crippen LogP contribution in [0.2, 0.25) is 0 Å². The van der Waals surface area contributed by atoms with Crippen molar-refractivity contribution < 1.29 is 36.6 Å². The van der Waals surface area contributed by atoms with Crippen molar-refractivity contribution in [2.45, 2.75) is 24.9 Å². The molecule has 129 valence electrons. The minimum atomic E-state index is -1.25. The van der Waals surface area contributed by atoms with Crippen molar-refractivity contribution in [1.29, 1.82) is 0 Å². The van der Waals surface area contributed by atoms with E-state index in [1.165, 1.54) is 25.0 Å². The van der Waals surface area contributed by atoms with Gasteiger partial charge < -0.3 is 41.2 Å². The summed E-state index contributed by atoms with van der Waals surface area (Å²) in [5.41, 5.74) is 11.8. The quantitative estimate of drug-likeness (QED) is 0.398. The molecule has 0 saturated heterocycles. The molecule has 2 aromatic rings. The summed E-state index contributed by atoms with van der Waals surface area (Å²) in [7, 11) is 0. The monoisotopic (exact) mass is 367 g/mol. The normalized spacial score (nSPS) is 12.3. The maximum absolute atomic E-state index is 10.2. The number of nitrogens with one attached hydrogen (secondary N) is 2. The van der Waals surface area contributed by atoms with Crippen LogP contribution in [0, 0.1) is 0 Å². The van der Waals surface area contributed by atoms with E-state index in [0.717, 1.165) is 0 Å². The van der Waals surface area contributed by atoms with Crippen molar-refractivity contribution in [1.82, 2.24) is 19.9 Å². The number of hydrogen-bond acceptors (Lipinski definition) is 8. The molecule has 0 aliphatic rings. The third kappa shape index (κ3) is 8.11. The summed E-state index contributed by atoms with van der Waals surface area (Å²) in [6, 6.07) is -1.93. The van der Waals surface area contributed by atoms with Gasteiger partial charge in [-0.2, -0.15) is 0 Å². The van der Waals surface area contributed by atoms with Gasteiger partial charge in [0, 0.05) is 65.5 Å². The average molecular weight is 367 g/mol. The van der Waals surface area contributed by atoms with Crippen LogP contribution < -0.4 is 21.7 Å². The number of hydrogen-bond donors (Lipinski definition) is 4. The number of aromatic nitrogens is 4. The third-order valence-corrected chi connectivity index (χ3v) is 2.59. The van der Waals surface area contributed by atoms with Crippen LogP contribution in [0.25, 0.3) is 0 Å². The molecule has 1 radical (unpaired) electrons. The summed E-state index contributed by atoms with van der Waals surface area (Å²) in [6.07, 6.45) is 6.45. The molecule has 2 heterocycles. The SMILES string of the molecule is NC(Cc1cnc[nH]1)C(=O)[O-].NC(Cc1cnc[nH]1)C(=O)[O-].[Co]. The fourth-order valence-corrected chi connectivity index (χ4v) is 1.43. The van der Waals surface area contributed by atoms with E-state index in [-0.39, 0.29) is 29.6 Å². The standard InChI is InChI=1S/2C6H9N3O2.Co/c2*7-5(6(10)11)1-4-2-8-3-9-4;/h2*2-3,5H,1,7H2,(H,8,9)(H,10,11);/p-2. The van der Waals surface area contributed by atoms with Gasteiger partial charge in [-0.3, -0.25) is 0 Å². The Morgan fingerprint density at radius 2 is 1.30 bits per heavy atom. The predicted octanol–water partition coefficient (Wildman–Crippen LogP) is -3.94. The second-order valence-corrected chi connectivity index (χ2v) is 4.41. The van der Waals surface area contributed by atoms with Crippen LogP contribution in [-0.4, -0.2) is 44.0 Å². The summed E-state index contributed by atoms with van der Waals surface area (Å²) in [4.78, 5) is 33.2. The third-order valence-electron chi connectivity index (χ3n) is 2.59. The molecule has 0 fully saturated rings. The number of imidazole rings is 2. The van der Waals surface area contributed by atoms with Gasteiger partial charge in [-0.25, -0.2) is 9.97 Å². The maximum Gasteiger partial charge on any atom is 0.0921 e. The molecule has 2 aromatic heterocycles. The van der Waals surface area contributed by atoms with Gasteiger partial charge in [0.25, 0.3) is 0 Å². The topological polar surface area (TPSA) is 190 Å². The zero-order valence-electron chi connectivity index (χ0n) is 11.9. The number of aliphatic carboxylic acids is 2. The van der Waals surface area contributed by atoms with Gasteiger partial charge in [0.1, 0.15) is 0 Å². The molecule has 0 aliphatic carbocycles. The number of nitrogens with zero attached hydrogens (tertiary/aromatic N) is 2. The molecule has 11 heteroatoms. The van der Waals surface area contributed by atoms with Crippen LogP contribution in [0.5, 0.6) is 0 Å². The minimum Gasteiger partial charge on any atom is -0.548 e. The first-order chi connectivity index (χ1) is 10.4. The molecule has 10 nitrogen and oxygen atoms in total. The van der Waals surface area contributed by atoms with Crippen LogP contribution in [0.4, 0.5) is 0 Å². The first kappa shape index (κ1) is 20.8. The Morgan fingerprint density at radius 3 is 1.52 bits per heavy atom. The number of rotatable bonds is 6. The molecule has 0 aromatic carbocycles. The van der Waals surface area contributed by atoms with E-state index in [2.05, 4.69) is 19.9 Å². The summed E-state index contributed by atoms with van der Waals surface area (Å²) in [5.74, 6) is -2.50. The van der Waals surface area contributed by atoms with Gasteiger partial charge >= 0.3 is 0 Å². The van der Waals surface area contributed by atoms with Gasteiger partial charge in [0.15, 0.2) is 0 Å². The first-order valence-electron chi connectivity index (χ1n) is 6.27. The van der Waals surface area contributed by atoms with Crippen LogP contribution in [-0.2, 0) is 39.2 Å². The van der Waals surface area contributed by atoms with Crippen molar-refractivity contribution in [2.24, 2.45) is 11.5 Å². The Hall–Kier alpha value is -2.21. The smallest absolute Gasteiger partial charge is 0.0921 e. The van der Waals surface area contributed by atoms with E-state index in [1.807, 2.05) is 0 Å². The Bertz CT molecular complexity index is 522. The maximum atomic E-state index is 10.2. The van der Waals surface area contributed by atoms with E-state index in [0.29, 0.717) is 11.4 Å². The fraction of sp³-hybridized carbons (Fsp3) is 0.333. The number of carboxylic acid groups (broad SMARTS) is 2. The molecule has 2 atom stereocenters. The summed E-state index contributed by atoms with van der Waals surface area (Å²) < 4.78 is 0. The number of carbonyl (C=O) groups excluding carboxylic acids is 2. The predicted molar refractivity (Wildman–Crippen MR) is 70.5 cm³/mol. The summed E-state index contributed by atoms with van der Waals surface area (Å²) in [5, 5.41) is 20.3. The van der Waals surface area contributed by atoms with Gasteiger partial charge in [0.05, 0.1) is 24.6 Å². The zero-order chi connectivity index (χ0) is 16.5. The van der Waals surface area contributed by atoms with Crippen molar-refractivity contribution in [3.8, 4) is 0 Å². The molecule has 0 spiro atoms. The first-order valence-corrected chi connectivity index (χ1v) is 6.27. The molecule has 2 unspecified atom stereocenters. The Morgan fingerprint density at radius 1 is 0.957 bits per heavy atom. The van der Waals surface area contributed by atoms with Crippen molar-refractivity contribution >= 4 is 11.9 Å². The van der Waals surface area contributed by atoms with Crippen molar-refractivity contribution in [3.05, 3.63) is 36.4 Å². The molecular weight excluding hydrogens is 351 g/mol. The molecular formula is C12H16CoN6O4-2. The zero-order valence-corrected chi connectivity index (χ0v) is 12.9. The van der Waals surface area contributed by atoms with Crippen molar-refractivity contribution in [3.63, 3.8) is 0 Å². The van der Waals surface area contributed by atoms with E-state index in [1.54, 1.807) is 0 Å². The number of carbonyl (C=O) groups is 2. The number of aromatic amines is 2. The molecule has 6 N–H and O–H groups in total. The summed E-state index contributed by atoms with van der Waals surface area (Å²) >= 11 is 0. The second kappa shape index (κ2) is 10.5. The number of nitrogens with two attached hydrogens (primary N) is 2. The Balaban J connectivity index is 0.000000403. The van der Waals surface area contributed by atoms with Crippen LogP contribution >= 0.6 is 0 Å². The van der Waals surface area contributed by atoms with E-state index in [4.69, 9.17) is 11.5 Å². The van der Waals surface area contributed by atoms with Gasteiger partial charge in [-0.05, 0) is 0 Å². The molecule has 2 rings (SSSR count). The van der Waals surface area contributed by atoms with Crippen LogP contribution in [0.15, 0.2) is 25.0 Å². The molecule has 0 saturated carbocycles. The number of carboxylic acids is 2. The molecule has 0 amide bonds. The minimum absolute atomic E-state index is 0. The summed E-state index contributed by atoms with van der Waals surface area (Å²) in [6.45, 7) is 0. The van der Waals surface area contributed by atoms with Gasteiger partial charge in [-0.15, -0.1) is 0 Å². The largest absolute Gasteiger partial charge is 0.548 e. The van der Waals surface area contributed by atoms with Gasteiger partial charge in [0.2, 0.25) is 0 Å². The van der Waals surface area contributed by atoms with Crippen LogP contribution in [0.3, 0.4) is 0 Å². The Labute approximate surface area is 141 Å². The number of H-pyrrole nitrogens is 2.